The van der Waals surface area contributed by atoms with Gasteiger partial charge in [-0.3, -0.25) is 5.01 Å². The number of methoxy groups -OCH3 is 1. The maximum Gasteiger partial charge on any atom is 0.172 e. The SMILES string of the molecule is COc1cc(/C=N\N(C)c2ccccc2)cc(Br)c1O. The number of aromatic hydroxyl groups is 1. The Balaban J connectivity index is 2.21. The van der Waals surface area contributed by atoms with E-state index >= 15 is 0 Å². The molecule has 0 unspecified atom stereocenters. The first-order valence-electron chi connectivity index (χ1n) is 6.01. The molecule has 1 N–H and O–H groups in total. The molecule has 2 rings (SSSR count). The van der Waals surface area contributed by atoms with Crippen molar-refractivity contribution in [2.24, 2.45) is 5.10 Å². The zero-order chi connectivity index (χ0) is 14.5. The van der Waals surface area contributed by atoms with Crippen LogP contribution in [0.1, 0.15) is 5.56 Å². The fraction of sp³-hybridized carbons (Fsp3) is 0.133. The van der Waals surface area contributed by atoms with E-state index in [-0.39, 0.29) is 5.75 Å². The van der Waals surface area contributed by atoms with Crippen molar-refractivity contribution < 1.29 is 9.84 Å². The van der Waals surface area contributed by atoms with Crippen LogP contribution in [-0.4, -0.2) is 25.5 Å². The topological polar surface area (TPSA) is 45.1 Å². The highest BCUT2D eigenvalue weighted by atomic mass is 79.9. The largest absolute Gasteiger partial charge is 0.503 e. The molecule has 0 aromatic heterocycles. The number of para-hydroxylation sites is 1. The van der Waals surface area contributed by atoms with Gasteiger partial charge in [0.15, 0.2) is 11.5 Å². The molecule has 2 aromatic rings. The Labute approximate surface area is 126 Å². The summed E-state index contributed by atoms with van der Waals surface area (Å²) in [5.41, 5.74) is 1.82. The smallest absolute Gasteiger partial charge is 0.172 e. The molecule has 0 saturated heterocycles. The summed E-state index contributed by atoms with van der Waals surface area (Å²) >= 11 is 3.28. The number of anilines is 1. The van der Waals surface area contributed by atoms with Crippen LogP contribution in [-0.2, 0) is 0 Å². The van der Waals surface area contributed by atoms with Crippen LogP contribution in [0.2, 0.25) is 0 Å². The van der Waals surface area contributed by atoms with Gasteiger partial charge < -0.3 is 9.84 Å². The van der Waals surface area contributed by atoms with E-state index in [2.05, 4.69) is 21.0 Å². The predicted molar refractivity (Wildman–Crippen MR) is 84.8 cm³/mol. The van der Waals surface area contributed by atoms with Gasteiger partial charge in [-0.1, -0.05) is 18.2 Å². The lowest BCUT2D eigenvalue weighted by molar-refractivity contribution is 0.372. The maximum absolute atomic E-state index is 9.75. The van der Waals surface area contributed by atoms with Crippen molar-refractivity contribution in [3.05, 3.63) is 52.5 Å². The highest BCUT2D eigenvalue weighted by Crippen LogP contribution is 2.34. The molecule has 0 atom stereocenters. The van der Waals surface area contributed by atoms with Crippen molar-refractivity contribution in [1.82, 2.24) is 0 Å². The second kappa shape index (κ2) is 6.43. The third kappa shape index (κ3) is 3.30. The van der Waals surface area contributed by atoms with Crippen molar-refractivity contribution in [2.75, 3.05) is 19.2 Å². The number of hydrazone groups is 1. The van der Waals surface area contributed by atoms with E-state index in [0.29, 0.717) is 10.2 Å². The molecule has 0 fully saturated rings. The van der Waals surface area contributed by atoms with Crippen LogP contribution in [0.3, 0.4) is 0 Å². The summed E-state index contributed by atoms with van der Waals surface area (Å²) in [7, 11) is 3.39. The second-order valence-electron chi connectivity index (χ2n) is 4.16. The second-order valence-corrected chi connectivity index (χ2v) is 5.01. The van der Waals surface area contributed by atoms with Crippen molar-refractivity contribution in [2.45, 2.75) is 0 Å². The molecular formula is C15H15BrN2O2. The average Bonchev–Trinajstić information content (AvgIpc) is 2.48. The summed E-state index contributed by atoms with van der Waals surface area (Å²) in [5, 5.41) is 15.9. The van der Waals surface area contributed by atoms with E-state index in [1.807, 2.05) is 37.4 Å². The zero-order valence-corrected chi connectivity index (χ0v) is 12.8. The third-order valence-electron chi connectivity index (χ3n) is 2.78. The van der Waals surface area contributed by atoms with E-state index < -0.39 is 0 Å². The van der Waals surface area contributed by atoms with E-state index in [4.69, 9.17) is 4.74 Å². The summed E-state index contributed by atoms with van der Waals surface area (Å²) in [6.07, 6.45) is 1.71. The van der Waals surface area contributed by atoms with Gasteiger partial charge in [-0.15, -0.1) is 0 Å². The zero-order valence-electron chi connectivity index (χ0n) is 11.2. The summed E-state index contributed by atoms with van der Waals surface area (Å²) in [4.78, 5) is 0. The van der Waals surface area contributed by atoms with E-state index in [9.17, 15) is 5.11 Å². The van der Waals surface area contributed by atoms with Crippen LogP contribution in [0.25, 0.3) is 0 Å². The Morgan fingerprint density at radius 3 is 2.60 bits per heavy atom. The predicted octanol–water partition coefficient (Wildman–Crippen LogP) is 3.63. The number of halogens is 1. The van der Waals surface area contributed by atoms with E-state index in [1.54, 1.807) is 23.4 Å². The number of phenolic OH excluding ortho intramolecular Hbond substituents is 1. The van der Waals surface area contributed by atoms with Crippen LogP contribution < -0.4 is 9.75 Å². The molecule has 4 nitrogen and oxygen atoms in total. The lowest BCUT2D eigenvalue weighted by Gasteiger charge is -2.12. The highest BCUT2D eigenvalue weighted by molar-refractivity contribution is 9.10. The molecular weight excluding hydrogens is 320 g/mol. The molecule has 0 aliphatic rings. The maximum atomic E-state index is 9.75. The number of rotatable bonds is 4. The number of benzene rings is 2. The molecule has 0 aliphatic heterocycles. The molecule has 5 heteroatoms. The molecule has 0 heterocycles. The molecule has 0 spiro atoms. The first kappa shape index (κ1) is 14.4. The molecule has 20 heavy (non-hydrogen) atoms. The van der Waals surface area contributed by atoms with Crippen LogP contribution in [0.4, 0.5) is 5.69 Å². The lowest BCUT2D eigenvalue weighted by atomic mass is 10.2. The molecule has 2 aromatic carbocycles. The van der Waals surface area contributed by atoms with Gasteiger partial charge in [-0.2, -0.15) is 5.10 Å². The average molecular weight is 335 g/mol. The number of nitrogens with zero attached hydrogens (tertiary/aromatic N) is 2. The van der Waals surface area contributed by atoms with Crippen LogP contribution in [0.5, 0.6) is 11.5 Å². The minimum Gasteiger partial charge on any atom is -0.503 e. The minimum atomic E-state index is 0.0843. The monoisotopic (exact) mass is 334 g/mol. The fourth-order valence-electron chi connectivity index (χ4n) is 1.69. The van der Waals surface area contributed by atoms with Gasteiger partial charge >= 0.3 is 0 Å². The Bertz CT molecular complexity index is 615. The fourth-order valence-corrected chi connectivity index (χ4v) is 2.15. The van der Waals surface area contributed by atoms with Crippen LogP contribution >= 0.6 is 15.9 Å². The van der Waals surface area contributed by atoms with E-state index in [1.165, 1.54) is 7.11 Å². The first-order chi connectivity index (χ1) is 9.61. The molecule has 0 aliphatic carbocycles. The summed E-state index contributed by atoms with van der Waals surface area (Å²) in [5.74, 6) is 0.490. The molecule has 0 amide bonds. The summed E-state index contributed by atoms with van der Waals surface area (Å²) in [6, 6.07) is 13.3. The number of phenols is 1. The lowest BCUT2D eigenvalue weighted by Crippen LogP contribution is -2.08. The van der Waals surface area contributed by atoms with Gasteiger partial charge in [-0.25, -0.2) is 0 Å². The van der Waals surface area contributed by atoms with Crippen LogP contribution in [0.15, 0.2) is 52.0 Å². The summed E-state index contributed by atoms with van der Waals surface area (Å²) < 4.78 is 5.67. The molecule has 0 saturated carbocycles. The van der Waals surface area contributed by atoms with Gasteiger partial charge in [-0.05, 0) is 45.8 Å². The Morgan fingerprint density at radius 2 is 1.95 bits per heavy atom. The van der Waals surface area contributed by atoms with Gasteiger partial charge in [0, 0.05) is 7.05 Å². The van der Waals surface area contributed by atoms with Crippen molar-refractivity contribution in [3.63, 3.8) is 0 Å². The van der Waals surface area contributed by atoms with Gasteiger partial charge in [0.1, 0.15) is 0 Å². The van der Waals surface area contributed by atoms with Gasteiger partial charge in [0.25, 0.3) is 0 Å². The van der Waals surface area contributed by atoms with Gasteiger partial charge in [0.2, 0.25) is 0 Å². The van der Waals surface area contributed by atoms with Gasteiger partial charge in [0.05, 0.1) is 23.5 Å². The molecule has 0 radical (unpaired) electrons. The van der Waals surface area contributed by atoms with Crippen LogP contribution in [0, 0.1) is 0 Å². The normalized spacial score (nSPS) is 10.8. The first-order valence-corrected chi connectivity index (χ1v) is 6.80. The van der Waals surface area contributed by atoms with Crippen molar-refractivity contribution in [3.8, 4) is 11.5 Å². The quantitative estimate of drug-likeness (QED) is 0.685. The number of hydrogen-bond acceptors (Lipinski definition) is 4. The Morgan fingerprint density at radius 1 is 1.25 bits per heavy atom. The standard InChI is InChI=1S/C15H15BrN2O2/c1-18(12-6-4-3-5-7-12)17-10-11-8-13(16)15(19)14(9-11)20-2/h3-10,19H,1-2H3/b17-10-. The minimum absolute atomic E-state index is 0.0843. The summed E-state index contributed by atoms with van der Waals surface area (Å²) in [6.45, 7) is 0. The third-order valence-corrected chi connectivity index (χ3v) is 3.39. The van der Waals surface area contributed by atoms with Crippen molar-refractivity contribution in [1.29, 1.82) is 0 Å². The number of hydrogen-bond donors (Lipinski definition) is 1. The molecule has 104 valence electrons. The highest BCUT2D eigenvalue weighted by Gasteiger charge is 2.07. The Hall–Kier alpha value is -2.01. The van der Waals surface area contributed by atoms with Crippen molar-refractivity contribution >= 4 is 27.8 Å². The Kier molecular flexibility index (Phi) is 4.63. The molecule has 0 bridgehead atoms. The van der Waals surface area contributed by atoms with E-state index in [0.717, 1.165) is 11.3 Å². The number of ether oxygens (including phenoxy) is 1.